The first-order valence-corrected chi connectivity index (χ1v) is 9.46. The first-order chi connectivity index (χ1) is 10.8. The molecular formula is C23H36. The molecule has 0 saturated heterocycles. The molecule has 0 spiro atoms. The van der Waals surface area contributed by atoms with Gasteiger partial charge in [0, 0.05) is 0 Å². The SMILES string of the molecule is C=CC.CC(C)c1ccc2c(c1)CCC1C(C)(C)CCCC21C. The molecule has 0 radical (unpaired) electrons. The van der Waals surface area contributed by atoms with Crippen LogP contribution < -0.4 is 0 Å². The molecule has 0 heterocycles. The van der Waals surface area contributed by atoms with Gasteiger partial charge in [0.25, 0.3) is 0 Å². The van der Waals surface area contributed by atoms with Crippen molar-refractivity contribution in [2.75, 3.05) is 0 Å². The number of fused-ring (bicyclic) bond motifs is 3. The average Bonchev–Trinajstić information content (AvgIpc) is 2.46. The molecule has 0 bridgehead atoms. The molecular weight excluding hydrogens is 276 g/mol. The third kappa shape index (κ3) is 3.42. The number of hydrogen-bond acceptors (Lipinski definition) is 0. The Hall–Kier alpha value is -1.04. The van der Waals surface area contributed by atoms with Crippen LogP contribution in [0.5, 0.6) is 0 Å². The highest BCUT2D eigenvalue weighted by atomic mass is 14.5. The van der Waals surface area contributed by atoms with E-state index in [9.17, 15) is 0 Å². The van der Waals surface area contributed by atoms with Crippen LogP contribution in [0.25, 0.3) is 0 Å². The van der Waals surface area contributed by atoms with Gasteiger partial charge in [-0.15, -0.1) is 6.58 Å². The van der Waals surface area contributed by atoms with Crippen LogP contribution in [0.15, 0.2) is 30.9 Å². The van der Waals surface area contributed by atoms with Crippen molar-refractivity contribution in [3.05, 3.63) is 47.5 Å². The topological polar surface area (TPSA) is 0 Å². The van der Waals surface area contributed by atoms with E-state index in [1.807, 2.05) is 6.92 Å². The molecule has 2 aliphatic carbocycles. The fourth-order valence-electron chi connectivity index (χ4n) is 5.19. The highest BCUT2D eigenvalue weighted by Gasteiger charge is 2.49. The molecule has 0 aromatic heterocycles. The lowest BCUT2D eigenvalue weighted by atomic mass is 9.50. The average molecular weight is 313 g/mol. The van der Waals surface area contributed by atoms with Gasteiger partial charge in [0.05, 0.1) is 0 Å². The van der Waals surface area contributed by atoms with Crippen molar-refractivity contribution in [1.29, 1.82) is 0 Å². The molecule has 0 N–H and O–H groups in total. The van der Waals surface area contributed by atoms with Crippen LogP contribution in [-0.4, -0.2) is 0 Å². The molecule has 0 nitrogen and oxygen atoms in total. The zero-order valence-electron chi connectivity index (χ0n) is 16.2. The second-order valence-electron chi connectivity index (χ2n) is 8.83. The van der Waals surface area contributed by atoms with Crippen molar-refractivity contribution in [2.45, 2.75) is 85.0 Å². The normalized spacial score (nSPS) is 28.2. The van der Waals surface area contributed by atoms with Gasteiger partial charge in [0.15, 0.2) is 0 Å². The zero-order chi connectivity index (χ0) is 17.3. The van der Waals surface area contributed by atoms with Crippen LogP contribution in [0.3, 0.4) is 0 Å². The van der Waals surface area contributed by atoms with Gasteiger partial charge in [-0.2, -0.15) is 0 Å². The summed E-state index contributed by atoms with van der Waals surface area (Å²) in [5.41, 5.74) is 5.77. The maximum atomic E-state index is 3.36. The Morgan fingerprint density at radius 2 is 1.83 bits per heavy atom. The summed E-state index contributed by atoms with van der Waals surface area (Å²) in [5, 5.41) is 0. The minimum atomic E-state index is 0.421. The quantitative estimate of drug-likeness (QED) is 0.488. The second-order valence-corrected chi connectivity index (χ2v) is 8.83. The lowest BCUT2D eigenvalue weighted by Crippen LogP contribution is -2.47. The molecule has 2 aliphatic rings. The molecule has 23 heavy (non-hydrogen) atoms. The third-order valence-electron chi connectivity index (χ3n) is 6.34. The monoisotopic (exact) mass is 312 g/mol. The van der Waals surface area contributed by atoms with Crippen LogP contribution in [0.4, 0.5) is 0 Å². The summed E-state index contributed by atoms with van der Waals surface area (Å²) in [5.74, 6) is 1.51. The molecule has 1 aromatic rings. The van der Waals surface area contributed by atoms with Gasteiger partial charge in [-0.25, -0.2) is 0 Å². The van der Waals surface area contributed by atoms with E-state index >= 15 is 0 Å². The molecule has 0 heteroatoms. The summed E-state index contributed by atoms with van der Waals surface area (Å²) >= 11 is 0. The van der Waals surface area contributed by atoms with Crippen LogP contribution >= 0.6 is 0 Å². The molecule has 0 amide bonds. The lowest BCUT2D eigenvalue weighted by molar-refractivity contribution is 0.0407. The second kappa shape index (κ2) is 6.83. The summed E-state index contributed by atoms with van der Waals surface area (Å²) in [6.45, 7) is 17.4. The van der Waals surface area contributed by atoms with Gasteiger partial charge in [0.2, 0.25) is 0 Å². The Kier molecular flexibility index (Phi) is 5.44. The summed E-state index contributed by atoms with van der Waals surface area (Å²) in [6, 6.07) is 7.36. The van der Waals surface area contributed by atoms with E-state index in [1.54, 1.807) is 17.2 Å². The van der Waals surface area contributed by atoms with Crippen molar-refractivity contribution in [3.8, 4) is 0 Å². The number of rotatable bonds is 1. The smallest absolute Gasteiger partial charge is 0.00391 e. The maximum absolute atomic E-state index is 3.36. The number of benzene rings is 1. The van der Waals surface area contributed by atoms with E-state index < -0.39 is 0 Å². The Balaban J connectivity index is 0.000000595. The van der Waals surface area contributed by atoms with E-state index in [1.165, 1.54) is 37.7 Å². The Bertz CT molecular complexity index is 549. The Labute approximate surface area is 144 Å². The van der Waals surface area contributed by atoms with Crippen LogP contribution in [0.1, 0.15) is 89.8 Å². The minimum absolute atomic E-state index is 0.421. The summed E-state index contributed by atoms with van der Waals surface area (Å²) in [7, 11) is 0. The number of allylic oxidation sites excluding steroid dienone is 1. The largest absolute Gasteiger partial charge is 0.103 e. The van der Waals surface area contributed by atoms with Crippen LogP contribution in [-0.2, 0) is 11.8 Å². The summed E-state index contributed by atoms with van der Waals surface area (Å²) in [6.07, 6.45) is 8.62. The molecule has 2 atom stereocenters. The van der Waals surface area contributed by atoms with Crippen molar-refractivity contribution in [1.82, 2.24) is 0 Å². The zero-order valence-corrected chi connectivity index (χ0v) is 16.2. The first-order valence-electron chi connectivity index (χ1n) is 9.46. The van der Waals surface area contributed by atoms with E-state index in [0.29, 0.717) is 16.7 Å². The van der Waals surface area contributed by atoms with Gasteiger partial charge >= 0.3 is 0 Å². The van der Waals surface area contributed by atoms with Gasteiger partial charge in [-0.1, -0.05) is 65.3 Å². The van der Waals surface area contributed by atoms with Gasteiger partial charge < -0.3 is 0 Å². The van der Waals surface area contributed by atoms with Crippen molar-refractivity contribution in [3.63, 3.8) is 0 Å². The standard InChI is InChI=1S/C20H30.C3H6/c1-14(2)15-7-9-17-16(13-15)8-10-18-19(3,4)11-6-12-20(17,18)5;1-3-2/h7,9,13-14,18H,6,8,10-12H2,1-5H3;3H,1H2,2H3. The molecule has 3 rings (SSSR count). The fraction of sp³-hybridized carbons (Fsp3) is 0.652. The third-order valence-corrected chi connectivity index (χ3v) is 6.34. The first kappa shape index (κ1) is 18.3. The van der Waals surface area contributed by atoms with Gasteiger partial charge in [-0.05, 0) is 72.0 Å². The van der Waals surface area contributed by atoms with Crippen molar-refractivity contribution in [2.24, 2.45) is 11.3 Å². The molecule has 2 unspecified atom stereocenters. The highest BCUT2D eigenvalue weighted by molar-refractivity contribution is 5.42. The molecule has 1 aromatic carbocycles. The van der Waals surface area contributed by atoms with Gasteiger partial charge in [0.1, 0.15) is 0 Å². The van der Waals surface area contributed by atoms with Crippen molar-refractivity contribution < 1.29 is 0 Å². The lowest BCUT2D eigenvalue weighted by Gasteiger charge is -2.54. The molecule has 0 aliphatic heterocycles. The molecule has 128 valence electrons. The minimum Gasteiger partial charge on any atom is -0.103 e. The van der Waals surface area contributed by atoms with Crippen LogP contribution in [0, 0.1) is 11.3 Å². The van der Waals surface area contributed by atoms with Crippen LogP contribution in [0.2, 0.25) is 0 Å². The number of aryl methyl sites for hydroxylation is 1. The predicted octanol–water partition coefficient (Wildman–Crippen LogP) is 7.03. The number of hydrogen-bond donors (Lipinski definition) is 0. The van der Waals surface area contributed by atoms with E-state index in [2.05, 4.69) is 59.4 Å². The van der Waals surface area contributed by atoms with E-state index in [-0.39, 0.29) is 0 Å². The highest BCUT2D eigenvalue weighted by Crippen LogP contribution is 2.57. The molecule has 1 fully saturated rings. The Morgan fingerprint density at radius 3 is 2.43 bits per heavy atom. The van der Waals surface area contributed by atoms with Crippen molar-refractivity contribution >= 4 is 0 Å². The van der Waals surface area contributed by atoms with E-state index in [0.717, 1.165) is 5.92 Å². The maximum Gasteiger partial charge on any atom is -0.00391 e. The Morgan fingerprint density at radius 1 is 1.17 bits per heavy atom. The summed E-state index contributed by atoms with van der Waals surface area (Å²) < 4.78 is 0. The molecule has 1 saturated carbocycles. The van der Waals surface area contributed by atoms with E-state index in [4.69, 9.17) is 0 Å². The predicted molar refractivity (Wildman–Crippen MR) is 103 cm³/mol. The van der Waals surface area contributed by atoms with Gasteiger partial charge in [-0.3, -0.25) is 0 Å². The fourth-order valence-corrected chi connectivity index (χ4v) is 5.19. The summed E-state index contributed by atoms with van der Waals surface area (Å²) in [4.78, 5) is 0.